The molecule has 2 bridgehead atoms. The molecule has 3 aliphatic rings. The molecule has 2 N–H and O–H groups in total. The van der Waals surface area contributed by atoms with Crippen LogP contribution in [0.3, 0.4) is 0 Å². The maximum atomic E-state index is 11.4. The van der Waals surface area contributed by atoms with Gasteiger partial charge in [0.15, 0.2) is 0 Å². The number of primary amides is 1. The lowest BCUT2D eigenvalue weighted by Crippen LogP contribution is -2.66. The fourth-order valence-electron chi connectivity index (χ4n) is 5.08. The van der Waals surface area contributed by atoms with E-state index in [-0.39, 0.29) is 5.91 Å². The normalized spacial score (nSPS) is 33.9. The van der Waals surface area contributed by atoms with Crippen LogP contribution in [0.4, 0.5) is 0 Å². The molecule has 3 atom stereocenters. The van der Waals surface area contributed by atoms with Gasteiger partial charge in [-0.2, -0.15) is 0 Å². The Hall–Kier alpha value is -1.35. The first-order chi connectivity index (χ1) is 9.69. The van der Waals surface area contributed by atoms with Gasteiger partial charge in [-0.15, -0.1) is 0 Å². The zero-order valence-electron chi connectivity index (χ0n) is 11.9. The van der Waals surface area contributed by atoms with E-state index in [1.807, 2.05) is 18.2 Å². The van der Waals surface area contributed by atoms with Crippen LogP contribution in [0.15, 0.2) is 24.3 Å². The molecule has 1 aromatic carbocycles. The molecule has 0 unspecified atom stereocenters. The van der Waals surface area contributed by atoms with Crippen LogP contribution < -0.4 is 5.73 Å². The van der Waals surface area contributed by atoms with Gasteiger partial charge in [-0.25, -0.2) is 0 Å². The Morgan fingerprint density at radius 3 is 2.40 bits per heavy atom. The highest BCUT2D eigenvalue weighted by atomic mass is 16.1. The Morgan fingerprint density at radius 2 is 1.85 bits per heavy atom. The number of carbonyl (C=O) groups excluding carboxylic acids is 1. The van der Waals surface area contributed by atoms with Crippen LogP contribution in [0.1, 0.15) is 53.9 Å². The van der Waals surface area contributed by atoms with Gasteiger partial charge in [-0.3, -0.25) is 4.79 Å². The standard InChI is InChI=1S/C17H22N2O/c18-17(20)13-4-1-3-12(9-13)14-10-15-5-6-16(11-14)19(15)7-2-8-19/h1,3-4,9,14-16H,2,5-8,10-11H2,(H-,18,20)/p+1/t14-,15+,16-. The number of hydrogen-bond acceptors (Lipinski definition) is 1. The second-order valence-electron chi connectivity index (χ2n) is 6.95. The number of quaternary nitrogens is 1. The van der Waals surface area contributed by atoms with Crippen molar-refractivity contribution in [2.24, 2.45) is 5.73 Å². The largest absolute Gasteiger partial charge is 0.366 e. The summed E-state index contributed by atoms with van der Waals surface area (Å²) in [5, 5.41) is 0. The summed E-state index contributed by atoms with van der Waals surface area (Å²) in [6, 6.07) is 9.78. The maximum Gasteiger partial charge on any atom is 0.248 e. The van der Waals surface area contributed by atoms with Crippen LogP contribution in [0.25, 0.3) is 0 Å². The van der Waals surface area contributed by atoms with Crippen molar-refractivity contribution in [2.75, 3.05) is 13.1 Å². The van der Waals surface area contributed by atoms with E-state index in [4.69, 9.17) is 5.73 Å². The van der Waals surface area contributed by atoms with Crippen LogP contribution in [0.2, 0.25) is 0 Å². The molecule has 0 aliphatic carbocycles. The summed E-state index contributed by atoms with van der Waals surface area (Å²) in [6.07, 6.45) is 6.86. The SMILES string of the molecule is NC(=O)c1cccc([C@H]2C[C@H]3CC[C@@H](C2)[N+]32CCC2)c1. The lowest BCUT2D eigenvalue weighted by atomic mass is 9.81. The molecule has 3 fully saturated rings. The Kier molecular flexibility index (Phi) is 2.68. The van der Waals surface area contributed by atoms with Crippen molar-refractivity contribution >= 4 is 5.91 Å². The summed E-state index contributed by atoms with van der Waals surface area (Å²) in [6.45, 7) is 2.84. The molecule has 20 heavy (non-hydrogen) atoms. The van der Waals surface area contributed by atoms with Crippen molar-refractivity contribution in [3.05, 3.63) is 35.4 Å². The predicted molar refractivity (Wildman–Crippen MR) is 78.4 cm³/mol. The van der Waals surface area contributed by atoms with Gasteiger partial charge >= 0.3 is 0 Å². The number of benzene rings is 1. The molecule has 3 aliphatic heterocycles. The summed E-state index contributed by atoms with van der Waals surface area (Å²) in [4.78, 5) is 11.4. The zero-order valence-corrected chi connectivity index (χ0v) is 11.9. The van der Waals surface area contributed by atoms with Crippen molar-refractivity contribution in [1.82, 2.24) is 0 Å². The number of nitrogens with zero attached hydrogens (tertiary/aromatic N) is 1. The zero-order chi connectivity index (χ0) is 13.7. The predicted octanol–water partition coefficient (Wildman–Crippen LogP) is 2.41. The fraction of sp³-hybridized carbons (Fsp3) is 0.588. The Balaban J connectivity index is 1.59. The van der Waals surface area contributed by atoms with E-state index in [0.717, 1.165) is 12.1 Å². The van der Waals surface area contributed by atoms with Gasteiger partial charge in [0.25, 0.3) is 0 Å². The van der Waals surface area contributed by atoms with E-state index < -0.39 is 0 Å². The molecule has 3 nitrogen and oxygen atoms in total. The number of amides is 1. The molecule has 4 rings (SSSR count). The number of carbonyl (C=O) groups is 1. The highest BCUT2D eigenvalue weighted by molar-refractivity contribution is 5.92. The quantitative estimate of drug-likeness (QED) is 0.825. The third-order valence-electron chi connectivity index (χ3n) is 6.19. The van der Waals surface area contributed by atoms with Crippen LogP contribution in [0, 0.1) is 0 Å². The van der Waals surface area contributed by atoms with Gasteiger partial charge in [0.2, 0.25) is 5.91 Å². The van der Waals surface area contributed by atoms with Crippen molar-refractivity contribution in [3.8, 4) is 0 Å². The number of nitrogens with two attached hydrogens (primary N) is 1. The minimum absolute atomic E-state index is 0.308. The van der Waals surface area contributed by atoms with E-state index in [0.29, 0.717) is 11.5 Å². The van der Waals surface area contributed by atoms with Gasteiger partial charge in [0, 0.05) is 37.7 Å². The molecular formula is C17H23N2O+. The van der Waals surface area contributed by atoms with Crippen LogP contribution in [0.5, 0.6) is 0 Å². The maximum absolute atomic E-state index is 11.4. The summed E-state index contributed by atoms with van der Waals surface area (Å²) in [7, 11) is 0. The van der Waals surface area contributed by atoms with E-state index in [1.54, 1.807) is 0 Å². The molecule has 3 saturated heterocycles. The molecule has 3 heteroatoms. The van der Waals surface area contributed by atoms with E-state index in [1.165, 1.54) is 55.2 Å². The third kappa shape index (κ3) is 1.65. The third-order valence-corrected chi connectivity index (χ3v) is 6.19. The molecule has 106 valence electrons. The van der Waals surface area contributed by atoms with Crippen LogP contribution >= 0.6 is 0 Å². The highest BCUT2D eigenvalue weighted by Crippen LogP contribution is 2.50. The number of hydrogen-bond donors (Lipinski definition) is 1. The molecule has 0 aromatic heterocycles. The minimum Gasteiger partial charge on any atom is -0.366 e. The molecule has 3 heterocycles. The molecule has 1 aromatic rings. The first-order valence-electron chi connectivity index (χ1n) is 7.95. The van der Waals surface area contributed by atoms with Crippen LogP contribution in [-0.4, -0.2) is 35.6 Å². The number of piperidine rings is 1. The molecular weight excluding hydrogens is 248 g/mol. The van der Waals surface area contributed by atoms with Gasteiger partial charge in [-0.05, 0) is 23.6 Å². The summed E-state index contributed by atoms with van der Waals surface area (Å²) < 4.78 is 1.44. The first kappa shape index (κ1) is 12.4. The van der Waals surface area contributed by atoms with E-state index >= 15 is 0 Å². The fourth-order valence-corrected chi connectivity index (χ4v) is 5.08. The molecule has 0 saturated carbocycles. The lowest BCUT2D eigenvalue weighted by Gasteiger charge is -2.55. The smallest absolute Gasteiger partial charge is 0.248 e. The van der Waals surface area contributed by atoms with E-state index in [2.05, 4.69) is 6.07 Å². The topological polar surface area (TPSA) is 43.1 Å². The van der Waals surface area contributed by atoms with Crippen molar-refractivity contribution in [3.63, 3.8) is 0 Å². The summed E-state index contributed by atoms with van der Waals surface area (Å²) >= 11 is 0. The van der Waals surface area contributed by atoms with Crippen molar-refractivity contribution < 1.29 is 9.28 Å². The molecule has 0 radical (unpaired) electrons. The first-order valence-corrected chi connectivity index (χ1v) is 7.95. The average Bonchev–Trinajstić information content (AvgIpc) is 2.63. The highest BCUT2D eigenvalue weighted by Gasteiger charge is 2.57. The average molecular weight is 271 g/mol. The van der Waals surface area contributed by atoms with Gasteiger partial charge in [0.1, 0.15) is 0 Å². The lowest BCUT2D eigenvalue weighted by molar-refractivity contribution is -0.999. The van der Waals surface area contributed by atoms with Crippen molar-refractivity contribution in [1.29, 1.82) is 0 Å². The second-order valence-corrected chi connectivity index (χ2v) is 6.95. The van der Waals surface area contributed by atoms with Gasteiger partial charge in [0.05, 0.1) is 25.2 Å². The van der Waals surface area contributed by atoms with Crippen molar-refractivity contribution in [2.45, 2.75) is 50.1 Å². The molecule has 1 spiro atoms. The van der Waals surface area contributed by atoms with E-state index in [9.17, 15) is 4.79 Å². The second kappa shape index (κ2) is 4.32. The summed E-state index contributed by atoms with van der Waals surface area (Å²) in [5.41, 5.74) is 7.40. The Bertz CT molecular complexity index is 534. The Morgan fingerprint density at radius 1 is 1.15 bits per heavy atom. The minimum atomic E-state index is -0.308. The Labute approximate surface area is 120 Å². The monoisotopic (exact) mass is 271 g/mol. The molecule has 1 amide bonds. The van der Waals surface area contributed by atoms with Gasteiger partial charge in [-0.1, -0.05) is 12.1 Å². The van der Waals surface area contributed by atoms with Gasteiger partial charge < -0.3 is 10.2 Å². The summed E-state index contributed by atoms with van der Waals surface area (Å²) in [5.74, 6) is 0.327. The van der Waals surface area contributed by atoms with Crippen LogP contribution in [-0.2, 0) is 0 Å². The number of rotatable bonds is 2.